The van der Waals surface area contributed by atoms with E-state index < -0.39 is 0 Å². The van der Waals surface area contributed by atoms with Gasteiger partial charge in [0.25, 0.3) is 0 Å². The molecule has 4 rings (SSSR count). The lowest BCUT2D eigenvalue weighted by Crippen LogP contribution is -2.13. The van der Waals surface area contributed by atoms with Crippen molar-refractivity contribution in [2.24, 2.45) is 0 Å². The number of ether oxygens (including phenoxy) is 1. The highest BCUT2D eigenvalue weighted by molar-refractivity contribution is 5.86. The van der Waals surface area contributed by atoms with Crippen LogP contribution in [0.25, 0.3) is 16.7 Å². The molecule has 1 N–H and O–H groups in total. The Kier molecular flexibility index (Phi) is 5.69. The minimum absolute atomic E-state index is 0.0150. The van der Waals surface area contributed by atoms with Crippen LogP contribution in [0.4, 0.5) is 5.82 Å². The monoisotopic (exact) mass is 405 g/mol. The van der Waals surface area contributed by atoms with Crippen molar-refractivity contribution in [3.63, 3.8) is 0 Å². The number of carbonyl (C=O) groups is 1. The minimum Gasteiger partial charge on any atom is -0.468 e. The molecular weight excluding hydrogens is 382 g/mol. The van der Waals surface area contributed by atoms with Gasteiger partial charge in [0, 0.05) is 12.7 Å². The topological polar surface area (TPSA) is 99.8 Å². The number of fused-ring (bicyclic) bond motifs is 1. The quantitative estimate of drug-likeness (QED) is 0.355. The first kappa shape index (κ1) is 19.6. The number of nitrogens with zero attached hydrogens (tertiary/aromatic N) is 6. The van der Waals surface area contributed by atoms with Crippen LogP contribution in [0.15, 0.2) is 49.1 Å². The Bertz CT molecular complexity index is 1150. The zero-order valence-electron chi connectivity index (χ0n) is 16.9. The third-order valence-corrected chi connectivity index (χ3v) is 4.88. The second-order valence-corrected chi connectivity index (χ2v) is 6.89. The van der Waals surface area contributed by atoms with Crippen molar-refractivity contribution in [2.45, 2.75) is 26.3 Å². The van der Waals surface area contributed by atoms with E-state index in [1.54, 1.807) is 6.20 Å². The average molecular weight is 405 g/mol. The molecule has 0 saturated heterocycles. The van der Waals surface area contributed by atoms with E-state index in [0.717, 1.165) is 36.2 Å². The van der Waals surface area contributed by atoms with Gasteiger partial charge in [-0.2, -0.15) is 10.2 Å². The maximum Gasteiger partial charge on any atom is 0.327 e. The molecule has 9 heteroatoms. The molecule has 0 aliphatic heterocycles. The maximum absolute atomic E-state index is 11.5. The smallest absolute Gasteiger partial charge is 0.327 e. The minimum atomic E-state index is -0.375. The predicted molar refractivity (Wildman–Crippen MR) is 112 cm³/mol. The van der Waals surface area contributed by atoms with Crippen molar-refractivity contribution in [2.75, 3.05) is 19.0 Å². The van der Waals surface area contributed by atoms with Crippen molar-refractivity contribution in [1.82, 2.24) is 29.5 Å². The summed E-state index contributed by atoms with van der Waals surface area (Å²) in [6.45, 7) is 2.79. The van der Waals surface area contributed by atoms with Crippen molar-refractivity contribution in [3.05, 3.63) is 60.3 Å². The number of aromatic nitrogens is 6. The van der Waals surface area contributed by atoms with Crippen LogP contribution in [0.2, 0.25) is 0 Å². The number of rotatable bonds is 8. The molecule has 0 aliphatic carbocycles. The van der Waals surface area contributed by atoms with Gasteiger partial charge in [0.05, 0.1) is 30.1 Å². The fourth-order valence-corrected chi connectivity index (χ4v) is 3.28. The van der Waals surface area contributed by atoms with Crippen LogP contribution in [0, 0.1) is 6.92 Å². The van der Waals surface area contributed by atoms with Crippen LogP contribution >= 0.6 is 0 Å². The number of hydrogen-bond donors (Lipinski definition) is 1. The van der Waals surface area contributed by atoms with Crippen molar-refractivity contribution >= 4 is 22.8 Å². The first-order chi connectivity index (χ1) is 14.7. The van der Waals surface area contributed by atoms with E-state index in [1.807, 2.05) is 41.9 Å². The van der Waals surface area contributed by atoms with Gasteiger partial charge in [0.15, 0.2) is 5.65 Å². The normalized spacial score (nSPS) is 11.0. The van der Waals surface area contributed by atoms with Crippen LogP contribution in [-0.2, 0) is 22.5 Å². The number of carbonyl (C=O) groups excluding carboxylic acids is 1. The number of anilines is 1. The Morgan fingerprint density at radius 3 is 2.83 bits per heavy atom. The first-order valence-corrected chi connectivity index (χ1v) is 9.73. The van der Waals surface area contributed by atoms with E-state index in [-0.39, 0.29) is 12.5 Å². The van der Waals surface area contributed by atoms with Crippen LogP contribution in [0.3, 0.4) is 0 Å². The molecule has 0 saturated carbocycles. The molecule has 3 heterocycles. The van der Waals surface area contributed by atoms with E-state index >= 15 is 0 Å². The zero-order valence-corrected chi connectivity index (χ0v) is 16.9. The number of hydrogen-bond acceptors (Lipinski definition) is 7. The Morgan fingerprint density at radius 2 is 2.03 bits per heavy atom. The van der Waals surface area contributed by atoms with Gasteiger partial charge in [0.2, 0.25) is 0 Å². The third-order valence-electron chi connectivity index (χ3n) is 4.88. The molecule has 1 aromatic carbocycles. The van der Waals surface area contributed by atoms with Crippen LogP contribution < -0.4 is 5.32 Å². The van der Waals surface area contributed by atoms with E-state index in [4.69, 9.17) is 4.74 Å². The summed E-state index contributed by atoms with van der Waals surface area (Å²) in [5, 5.41) is 13.0. The molecule has 0 aliphatic rings. The number of esters is 1. The van der Waals surface area contributed by atoms with Gasteiger partial charge in [-0.25, -0.2) is 19.3 Å². The van der Waals surface area contributed by atoms with E-state index in [9.17, 15) is 4.79 Å². The lowest BCUT2D eigenvalue weighted by atomic mass is 10.1. The highest BCUT2D eigenvalue weighted by atomic mass is 16.5. The molecule has 0 amide bonds. The first-order valence-electron chi connectivity index (χ1n) is 9.73. The summed E-state index contributed by atoms with van der Waals surface area (Å²) in [6, 6.07) is 10.1. The van der Waals surface area contributed by atoms with Crippen LogP contribution in [0.1, 0.15) is 17.7 Å². The SMILES string of the molecule is COC(=O)Cn1ncc2c(NCCCc3cn(-c4ccccc4)nc3C)ncnc21. The number of benzene rings is 1. The standard InChI is InChI=1S/C21H23N7O2/c1-15-16(12-27(26-15)17-8-4-3-5-9-17)7-6-10-22-20-18-11-25-28(13-19(29)30-2)21(18)24-14-23-20/h3-5,8-9,11-12,14H,6-7,10,13H2,1-2H3,(H,22,23,24). The van der Waals surface area contributed by atoms with Crippen LogP contribution in [-0.4, -0.2) is 49.2 Å². The van der Waals surface area contributed by atoms with Gasteiger partial charge in [-0.1, -0.05) is 18.2 Å². The average Bonchev–Trinajstić information content (AvgIpc) is 3.35. The molecule has 0 atom stereocenters. The third kappa shape index (κ3) is 4.14. The lowest BCUT2D eigenvalue weighted by Gasteiger charge is -2.06. The lowest BCUT2D eigenvalue weighted by molar-refractivity contribution is -0.141. The molecule has 3 aromatic heterocycles. The van der Waals surface area contributed by atoms with E-state index in [1.165, 1.54) is 23.7 Å². The van der Waals surface area contributed by atoms with Crippen molar-refractivity contribution in [3.8, 4) is 5.69 Å². The Labute approximate surface area is 173 Å². The van der Waals surface area contributed by atoms with Crippen molar-refractivity contribution < 1.29 is 9.53 Å². The fraction of sp³-hybridized carbons (Fsp3) is 0.286. The molecule has 30 heavy (non-hydrogen) atoms. The molecule has 0 unspecified atom stereocenters. The molecular formula is C21H23N7O2. The molecule has 0 fully saturated rings. The van der Waals surface area contributed by atoms with Crippen molar-refractivity contribution in [1.29, 1.82) is 0 Å². The Morgan fingerprint density at radius 1 is 1.20 bits per heavy atom. The maximum atomic E-state index is 11.5. The molecule has 9 nitrogen and oxygen atoms in total. The van der Waals surface area contributed by atoms with Gasteiger partial charge >= 0.3 is 5.97 Å². The van der Waals surface area contributed by atoms with Gasteiger partial charge < -0.3 is 10.1 Å². The summed E-state index contributed by atoms with van der Waals surface area (Å²) in [5.41, 5.74) is 3.90. The summed E-state index contributed by atoms with van der Waals surface area (Å²) in [6.07, 6.45) is 7.04. The summed E-state index contributed by atoms with van der Waals surface area (Å²) in [5.74, 6) is 0.326. The Hall–Kier alpha value is -3.75. The van der Waals surface area contributed by atoms with Gasteiger partial charge in [0.1, 0.15) is 18.7 Å². The molecule has 0 radical (unpaired) electrons. The van der Waals surface area contributed by atoms with Crippen LogP contribution in [0.5, 0.6) is 0 Å². The molecule has 4 aromatic rings. The predicted octanol–water partition coefficient (Wildman–Crippen LogP) is 2.54. The van der Waals surface area contributed by atoms with E-state index in [0.29, 0.717) is 11.5 Å². The molecule has 0 bridgehead atoms. The second kappa shape index (κ2) is 8.73. The fourth-order valence-electron chi connectivity index (χ4n) is 3.28. The number of aryl methyl sites for hydroxylation is 2. The number of para-hydroxylation sites is 1. The largest absolute Gasteiger partial charge is 0.468 e. The summed E-state index contributed by atoms with van der Waals surface area (Å²) < 4.78 is 8.13. The van der Waals surface area contributed by atoms with Gasteiger partial charge in [-0.05, 0) is 37.5 Å². The summed E-state index contributed by atoms with van der Waals surface area (Å²) in [4.78, 5) is 20.1. The molecule has 154 valence electrons. The second-order valence-electron chi connectivity index (χ2n) is 6.89. The number of nitrogens with one attached hydrogen (secondary N) is 1. The van der Waals surface area contributed by atoms with Gasteiger partial charge in [-0.15, -0.1) is 0 Å². The molecule has 0 spiro atoms. The van der Waals surface area contributed by atoms with Gasteiger partial charge in [-0.3, -0.25) is 4.79 Å². The zero-order chi connectivity index (χ0) is 20.9. The Balaban J connectivity index is 1.38. The summed E-state index contributed by atoms with van der Waals surface area (Å²) in [7, 11) is 1.35. The highest BCUT2D eigenvalue weighted by Crippen LogP contribution is 2.19. The van der Waals surface area contributed by atoms with E-state index in [2.05, 4.69) is 31.7 Å². The number of methoxy groups -OCH3 is 1. The highest BCUT2D eigenvalue weighted by Gasteiger charge is 2.12. The summed E-state index contributed by atoms with van der Waals surface area (Å²) >= 11 is 0.